The van der Waals surface area contributed by atoms with E-state index in [1.165, 1.54) is 19.2 Å². The van der Waals surface area contributed by atoms with E-state index in [0.29, 0.717) is 5.56 Å². The van der Waals surface area contributed by atoms with Crippen LogP contribution in [-0.4, -0.2) is 85.8 Å². The first-order valence-electron chi connectivity index (χ1n) is 11.5. The lowest BCUT2D eigenvalue weighted by Crippen LogP contribution is -2.66. The quantitative estimate of drug-likeness (QED) is 0.295. The number of hydrogen-bond donors (Lipinski definition) is 1. The van der Waals surface area contributed by atoms with Crippen LogP contribution >= 0.6 is 0 Å². The van der Waals surface area contributed by atoms with Crippen LogP contribution in [0, 0.1) is 0 Å². The Kier molecular flexibility index (Phi) is 10.4. The Labute approximate surface area is 226 Å². The summed E-state index contributed by atoms with van der Waals surface area (Å²) in [6.07, 6.45) is -5.69. The van der Waals surface area contributed by atoms with Crippen LogP contribution in [0.25, 0.3) is 0 Å². The molecule has 2 aromatic carbocycles. The molecule has 15 heteroatoms. The van der Waals surface area contributed by atoms with E-state index in [0.717, 1.165) is 12.5 Å². The van der Waals surface area contributed by atoms with Crippen molar-refractivity contribution in [2.75, 3.05) is 26.2 Å². The molecule has 0 aromatic heterocycles. The molecule has 5 atom stereocenters. The number of ether oxygens (including phenoxy) is 4. The van der Waals surface area contributed by atoms with Gasteiger partial charge in [-0.25, -0.2) is 9.59 Å². The standard InChI is InChI=1S/C24H29NO12S2/c1-32-23-19(25-24(27)34-14-16-10-6-4-7-11-16)21(37-39(3,30)31)20(36-38(2,28)29)18(35-23)15-33-22(26)17-12-8-5-9-13-17/h4-13,18-21,23H,14-15H2,1-3H3,(H,25,27)/t18-,19-,20-,21-,23+/m1/s1. The minimum atomic E-state index is -4.25. The molecule has 0 radical (unpaired) electrons. The molecule has 1 heterocycles. The molecule has 2 aromatic rings. The highest BCUT2D eigenvalue weighted by Gasteiger charge is 2.52. The molecule has 0 aliphatic carbocycles. The second-order valence-corrected chi connectivity index (χ2v) is 11.7. The Morgan fingerprint density at radius 2 is 1.41 bits per heavy atom. The number of esters is 1. The fraction of sp³-hybridized carbons (Fsp3) is 0.417. The van der Waals surface area contributed by atoms with E-state index < -0.39 is 69.5 Å². The number of rotatable bonds is 11. The fourth-order valence-corrected chi connectivity index (χ4v) is 5.01. The number of carbonyl (C=O) groups is 2. The summed E-state index contributed by atoms with van der Waals surface area (Å²) in [5.74, 6) is -0.753. The summed E-state index contributed by atoms with van der Waals surface area (Å²) in [7, 11) is -7.28. The van der Waals surface area contributed by atoms with Crippen LogP contribution in [0.1, 0.15) is 15.9 Å². The predicted octanol–water partition coefficient (Wildman–Crippen LogP) is 1.20. The van der Waals surface area contributed by atoms with Crippen molar-refractivity contribution in [3.63, 3.8) is 0 Å². The molecule has 13 nitrogen and oxygen atoms in total. The molecule has 0 spiro atoms. The maximum absolute atomic E-state index is 12.6. The van der Waals surface area contributed by atoms with Crippen LogP contribution in [0.15, 0.2) is 60.7 Å². The molecule has 214 valence electrons. The average Bonchev–Trinajstić information content (AvgIpc) is 2.88. The Hall–Kier alpha value is -3.08. The van der Waals surface area contributed by atoms with Gasteiger partial charge in [0.25, 0.3) is 20.2 Å². The molecule has 1 saturated heterocycles. The van der Waals surface area contributed by atoms with Gasteiger partial charge in [-0.3, -0.25) is 8.37 Å². The van der Waals surface area contributed by atoms with Crippen LogP contribution in [0.5, 0.6) is 0 Å². The molecule has 0 bridgehead atoms. The molecule has 39 heavy (non-hydrogen) atoms. The van der Waals surface area contributed by atoms with Gasteiger partial charge < -0.3 is 24.3 Å². The van der Waals surface area contributed by atoms with Gasteiger partial charge in [0.15, 0.2) is 6.29 Å². The second-order valence-electron chi connectivity index (χ2n) is 8.50. The number of amides is 1. The SMILES string of the molecule is CO[C@H]1O[C@H](COC(=O)c2ccccc2)[C@@H](OS(C)(=O)=O)[C@H](OS(C)(=O)=O)[C@H]1NC(=O)OCc1ccccc1. The third kappa shape index (κ3) is 9.56. The van der Waals surface area contributed by atoms with Gasteiger partial charge in [-0.1, -0.05) is 48.5 Å². The Balaban J connectivity index is 1.86. The number of benzene rings is 2. The van der Waals surface area contributed by atoms with Crippen molar-refractivity contribution in [2.45, 2.75) is 37.3 Å². The summed E-state index contributed by atoms with van der Waals surface area (Å²) in [4.78, 5) is 25.1. The molecule has 1 aliphatic rings. The predicted molar refractivity (Wildman–Crippen MR) is 135 cm³/mol. The summed E-state index contributed by atoms with van der Waals surface area (Å²) in [5, 5.41) is 2.41. The van der Waals surface area contributed by atoms with Crippen molar-refractivity contribution in [1.29, 1.82) is 0 Å². The summed E-state index contributed by atoms with van der Waals surface area (Å²) in [5.41, 5.74) is 0.889. The van der Waals surface area contributed by atoms with Crippen LogP contribution < -0.4 is 5.32 Å². The van der Waals surface area contributed by atoms with Crippen LogP contribution in [0.4, 0.5) is 4.79 Å². The average molecular weight is 588 g/mol. The number of alkyl carbamates (subject to hydrolysis) is 1. The van der Waals surface area contributed by atoms with E-state index in [1.807, 2.05) is 0 Å². The molecule has 3 rings (SSSR count). The maximum Gasteiger partial charge on any atom is 0.407 e. The molecule has 0 unspecified atom stereocenters. The molecular formula is C24H29NO12S2. The van der Waals surface area contributed by atoms with Crippen LogP contribution in [0.2, 0.25) is 0 Å². The lowest BCUT2D eigenvalue weighted by molar-refractivity contribution is -0.251. The zero-order valence-electron chi connectivity index (χ0n) is 21.3. The van der Waals surface area contributed by atoms with Crippen molar-refractivity contribution in [2.24, 2.45) is 0 Å². The summed E-state index contributed by atoms with van der Waals surface area (Å²) >= 11 is 0. The first-order valence-corrected chi connectivity index (χ1v) is 15.1. The molecule has 1 aliphatic heterocycles. The van der Waals surface area contributed by atoms with Gasteiger partial charge in [0.1, 0.15) is 37.6 Å². The number of carbonyl (C=O) groups excluding carboxylic acids is 2. The first-order chi connectivity index (χ1) is 18.4. The van der Waals surface area contributed by atoms with E-state index in [2.05, 4.69) is 5.32 Å². The monoisotopic (exact) mass is 587 g/mol. The van der Waals surface area contributed by atoms with Crippen LogP contribution in [0.3, 0.4) is 0 Å². The Morgan fingerprint density at radius 1 is 0.846 bits per heavy atom. The van der Waals surface area contributed by atoms with Gasteiger partial charge in [-0.2, -0.15) is 16.8 Å². The second kappa shape index (κ2) is 13.3. The molecular weight excluding hydrogens is 558 g/mol. The summed E-state index contributed by atoms with van der Waals surface area (Å²) in [6.45, 7) is -0.681. The minimum absolute atomic E-state index is 0.114. The normalized spacial score (nSPS) is 23.5. The van der Waals surface area contributed by atoms with Crippen molar-refractivity contribution in [3.05, 3.63) is 71.8 Å². The zero-order chi connectivity index (χ0) is 28.6. The minimum Gasteiger partial charge on any atom is -0.459 e. The molecule has 1 fully saturated rings. The molecule has 1 amide bonds. The summed E-state index contributed by atoms with van der Waals surface area (Å²) in [6, 6.07) is 15.2. The Bertz CT molecular complexity index is 1320. The number of nitrogens with one attached hydrogen (secondary N) is 1. The smallest absolute Gasteiger partial charge is 0.407 e. The fourth-order valence-electron chi connectivity index (χ4n) is 3.74. The Morgan fingerprint density at radius 3 is 1.97 bits per heavy atom. The molecule has 0 saturated carbocycles. The first kappa shape index (κ1) is 30.5. The van der Waals surface area contributed by atoms with Gasteiger partial charge in [0.05, 0.1) is 18.1 Å². The highest BCUT2D eigenvalue weighted by molar-refractivity contribution is 7.86. The topological polar surface area (TPSA) is 170 Å². The third-order valence-corrected chi connectivity index (χ3v) is 6.48. The lowest BCUT2D eigenvalue weighted by atomic mass is 9.97. The number of hydrogen-bond acceptors (Lipinski definition) is 12. The van der Waals surface area contributed by atoms with E-state index in [9.17, 15) is 26.4 Å². The van der Waals surface area contributed by atoms with Crippen molar-refractivity contribution < 1.29 is 53.7 Å². The van der Waals surface area contributed by atoms with Gasteiger partial charge in [-0.05, 0) is 17.7 Å². The van der Waals surface area contributed by atoms with Crippen molar-refractivity contribution in [3.8, 4) is 0 Å². The maximum atomic E-state index is 12.6. The van der Waals surface area contributed by atoms with E-state index >= 15 is 0 Å². The molecule has 1 N–H and O–H groups in total. The number of methoxy groups -OCH3 is 1. The summed E-state index contributed by atoms with van der Waals surface area (Å²) < 4.78 is 80.4. The van der Waals surface area contributed by atoms with E-state index in [-0.39, 0.29) is 12.2 Å². The zero-order valence-corrected chi connectivity index (χ0v) is 22.9. The van der Waals surface area contributed by atoms with Crippen molar-refractivity contribution >= 4 is 32.3 Å². The van der Waals surface area contributed by atoms with Crippen LogP contribution in [-0.2, 0) is 54.2 Å². The highest BCUT2D eigenvalue weighted by atomic mass is 32.2. The van der Waals surface area contributed by atoms with Gasteiger partial charge in [0, 0.05) is 7.11 Å². The largest absolute Gasteiger partial charge is 0.459 e. The van der Waals surface area contributed by atoms with Gasteiger partial charge >= 0.3 is 12.1 Å². The highest BCUT2D eigenvalue weighted by Crippen LogP contribution is 2.29. The third-order valence-electron chi connectivity index (χ3n) is 5.34. The van der Waals surface area contributed by atoms with E-state index in [4.69, 9.17) is 27.3 Å². The van der Waals surface area contributed by atoms with E-state index in [1.54, 1.807) is 48.5 Å². The van der Waals surface area contributed by atoms with Gasteiger partial charge in [-0.15, -0.1) is 0 Å². The van der Waals surface area contributed by atoms with Crippen molar-refractivity contribution in [1.82, 2.24) is 5.32 Å². The van der Waals surface area contributed by atoms with Gasteiger partial charge in [0.2, 0.25) is 0 Å². The lowest BCUT2D eigenvalue weighted by Gasteiger charge is -2.44.